The van der Waals surface area contributed by atoms with Gasteiger partial charge in [0.2, 0.25) is 0 Å². The molecule has 0 bridgehead atoms. The van der Waals surface area contributed by atoms with E-state index in [0.29, 0.717) is 16.3 Å². The van der Waals surface area contributed by atoms with Gasteiger partial charge >= 0.3 is 5.97 Å². The average molecular weight is 360 g/mol. The number of thiophene rings is 1. The molecule has 5 nitrogen and oxygen atoms in total. The number of carbonyl (C=O) groups is 1. The molecule has 0 amide bonds. The molecule has 0 aliphatic rings. The van der Waals surface area contributed by atoms with E-state index in [-0.39, 0.29) is 4.21 Å². The van der Waals surface area contributed by atoms with E-state index in [0.717, 1.165) is 15.6 Å². The first kappa shape index (κ1) is 16.8. The third-order valence-corrected chi connectivity index (χ3v) is 6.34. The number of ether oxygens (including phenoxy) is 1. The average Bonchev–Trinajstić information content (AvgIpc) is 3.00. The Morgan fingerprint density at radius 3 is 2.64 bits per heavy atom. The first-order valence-corrected chi connectivity index (χ1v) is 8.95. The number of carbonyl (C=O) groups excluding carboxylic acids is 1. The van der Waals surface area contributed by atoms with Gasteiger partial charge in [0.05, 0.1) is 12.8 Å². The highest BCUT2D eigenvalue weighted by molar-refractivity contribution is 7.94. The predicted molar refractivity (Wildman–Crippen MR) is 87.1 cm³/mol. The second-order valence-corrected chi connectivity index (χ2v) is 7.92. The zero-order valence-electron chi connectivity index (χ0n) is 11.9. The molecule has 0 unspecified atom stereocenters. The van der Waals surface area contributed by atoms with Crippen molar-refractivity contribution in [2.75, 3.05) is 18.0 Å². The minimum atomic E-state index is -3.84. The van der Waals surface area contributed by atoms with Gasteiger partial charge in [0.1, 0.15) is 10.8 Å². The van der Waals surface area contributed by atoms with Crippen LogP contribution in [0.3, 0.4) is 0 Å². The van der Waals surface area contributed by atoms with Crippen molar-refractivity contribution in [3.05, 3.63) is 46.3 Å². The van der Waals surface area contributed by atoms with Gasteiger partial charge in [-0.25, -0.2) is 8.42 Å². The number of halogens is 1. The summed E-state index contributed by atoms with van der Waals surface area (Å²) in [5.41, 5.74) is 1.04. The molecule has 1 aromatic heterocycles. The third kappa shape index (κ3) is 3.43. The lowest BCUT2D eigenvalue weighted by molar-refractivity contribution is -0.138. The maximum atomic E-state index is 12.8. The van der Waals surface area contributed by atoms with Crippen molar-refractivity contribution in [3.8, 4) is 0 Å². The molecule has 0 aliphatic carbocycles. The van der Waals surface area contributed by atoms with Gasteiger partial charge in [-0.15, -0.1) is 11.3 Å². The Bertz CT molecular complexity index is 772. The van der Waals surface area contributed by atoms with Crippen molar-refractivity contribution in [1.29, 1.82) is 0 Å². The van der Waals surface area contributed by atoms with Crippen LogP contribution in [0.15, 0.2) is 39.9 Å². The number of benzene rings is 1. The van der Waals surface area contributed by atoms with Crippen LogP contribution in [0.2, 0.25) is 5.02 Å². The number of anilines is 1. The highest BCUT2D eigenvalue weighted by Crippen LogP contribution is 2.30. The molecule has 2 aromatic rings. The predicted octanol–water partition coefficient (Wildman–Crippen LogP) is 3.08. The quantitative estimate of drug-likeness (QED) is 0.769. The summed E-state index contributed by atoms with van der Waals surface area (Å²) in [5, 5.41) is 2.16. The molecule has 0 spiro atoms. The number of rotatable bonds is 5. The Balaban J connectivity index is 2.54. The van der Waals surface area contributed by atoms with Crippen LogP contribution in [0.1, 0.15) is 5.56 Å². The summed E-state index contributed by atoms with van der Waals surface area (Å²) < 4.78 is 31.4. The first-order chi connectivity index (χ1) is 10.4. The Morgan fingerprint density at radius 1 is 1.36 bits per heavy atom. The minimum absolute atomic E-state index is 0.158. The van der Waals surface area contributed by atoms with Gasteiger partial charge < -0.3 is 4.74 Å². The number of hydrogen-bond donors (Lipinski definition) is 0. The van der Waals surface area contributed by atoms with Gasteiger partial charge in [0.15, 0.2) is 0 Å². The molecule has 0 saturated carbocycles. The van der Waals surface area contributed by atoms with Crippen LogP contribution in [0, 0.1) is 6.92 Å². The molecule has 8 heteroatoms. The van der Waals surface area contributed by atoms with Gasteiger partial charge in [-0.1, -0.05) is 17.7 Å². The summed E-state index contributed by atoms with van der Waals surface area (Å²) >= 11 is 7.00. The number of sulfonamides is 1. The maximum absolute atomic E-state index is 12.8. The van der Waals surface area contributed by atoms with Gasteiger partial charge in [-0.2, -0.15) is 0 Å². The van der Waals surface area contributed by atoms with E-state index in [9.17, 15) is 13.2 Å². The van der Waals surface area contributed by atoms with Crippen molar-refractivity contribution < 1.29 is 17.9 Å². The smallest absolute Gasteiger partial charge is 0.326 e. The minimum Gasteiger partial charge on any atom is -0.468 e. The second-order valence-electron chi connectivity index (χ2n) is 4.45. The summed E-state index contributed by atoms with van der Waals surface area (Å²) in [6, 6.07) is 7.94. The molecular weight excluding hydrogens is 346 g/mol. The van der Waals surface area contributed by atoms with Crippen LogP contribution in [-0.2, 0) is 19.6 Å². The molecular formula is C14H14ClNO4S2. The van der Waals surface area contributed by atoms with Crippen LogP contribution < -0.4 is 4.31 Å². The number of methoxy groups -OCH3 is 1. The number of esters is 1. The fourth-order valence-corrected chi connectivity index (χ4v) is 4.70. The largest absolute Gasteiger partial charge is 0.468 e. The second kappa shape index (κ2) is 6.68. The third-order valence-electron chi connectivity index (χ3n) is 2.97. The van der Waals surface area contributed by atoms with Crippen molar-refractivity contribution in [1.82, 2.24) is 0 Å². The van der Waals surface area contributed by atoms with Crippen LogP contribution in [-0.4, -0.2) is 28.0 Å². The van der Waals surface area contributed by atoms with Crippen molar-refractivity contribution in [2.45, 2.75) is 11.1 Å². The Labute approximate surface area is 138 Å². The molecule has 2 rings (SSSR count). The van der Waals surface area contributed by atoms with Crippen LogP contribution in [0.25, 0.3) is 0 Å². The van der Waals surface area contributed by atoms with Crippen molar-refractivity contribution in [3.63, 3.8) is 0 Å². The SMILES string of the molecule is COC(=O)CN(c1ccc(Cl)cc1C)S(=O)(=O)c1cccs1. The van der Waals surface area contributed by atoms with Crippen LogP contribution >= 0.6 is 22.9 Å². The van der Waals surface area contributed by atoms with Crippen molar-refractivity contribution in [2.24, 2.45) is 0 Å². The first-order valence-electron chi connectivity index (χ1n) is 6.25. The zero-order valence-corrected chi connectivity index (χ0v) is 14.3. The summed E-state index contributed by atoms with van der Waals surface area (Å²) in [6.07, 6.45) is 0. The van der Waals surface area contributed by atoms with E-state index in [1.54, 1.807) is 36.6 Å². The summed E-state index contributed by atoms with van der Waals surface area (Å²) in [7, 11) is -2.63. The lowest BCUT2D eigenvalue weighted by Crippen LogP contribution is -2.36. The number of nitrogens with zero attached hydrogens (tertiary/aromatic N) is 1. The topological polar surface area (TPSA) is 63.7 Å². The molecule has 0 aliphatic heterocycles. The van der Waals surface area contributed by atoms with Crippen LogP contribution in [0.4, 0.5) is 5.69 Å². The Kier molecular flexibility index (Phi) is 5.10. The number of hydrogen-bond acceptors (Lipinski definition) is 5. The van der Waals surface area contributed by atoms with E-state index < -0.39 is 22.5 Å². The zero-order chi connectivity index (χ0) is 16.3. The summed E-state index contributed by atoms with van der Waals surface area (Å²) in [5.74, 6) is -0.644. The van der Waals surface area contributed by atoms with Gasteiger partial charge in [0, 0.05) is 5.02 Å². The molecule has 0 atom stereocenters. The highest BCUT2D eigenvalue weighted by atomic mass is 35.5. The monoisotopic (exact) mass is 359 g/mol. The Hall–Kier alpha value is -1.57. The van der Waals surface area contributed by atoms with E-state index in [2.05, 4.69) is 4.74 Å². The van der Waals surface area contributed by atoms with E-state index >= 15 is 0 Å². The highest BCUT2D eigenvalue weighted by Gasteiger charge is 2.29. The van der Waals surface area contributed by atoms with E-state index in [1.165, 1.54) is 13.2 Å². The van der Waals surface area contributed by atoms with Gasteiger partial charge in [0.25, 0.3) is 10.0 Å². The van der Waals surface area contributed by atoms with E-state index in [4.69, 9.17) is 11.6 Å². The fraction of sp³-hybridized carbons (Fsp3) is 0.214. The van der Waals surface area contributed by atoms with Crippen LogP contribution in [0.5, 0.6) is 0 Å². The maximum Gasteiger partial charge on any atom is 0.326 e. The molecule has 0 radical (unpaired) electrons. The summed E-state index contributed by atoms with van der Waals surface area (Å²) in [6.45, 7) is 1.33. The van der Waals surface area contributed by atoms with Crippen molar-refractivity contribution >= 4 is 44.6 Å². The van der Waals surface area contributed by atoms with E-state index in [1.807, 2.05) is 0 Å². The normalized spacial score (nSPS) is 11.2. The fourth-order valence-electron chi connectivity index (χ4n) is 1.90. The van der Waals surface area contributed by atoms with Gasteiger partial charge in [-0.3, -0.25) is 9.10 Å². The standard InChI is InChI=1S/C14H14ClNO4S2/c1-10-8-11(15)5-6-12(10)16(9-13(17)20-2)22(18,19)14-4-3-7-21-14/h3-8H,9H2,1-2H3. The number of aryl methyl sites for hydroxylation is 1. The summed E-state index contributed by atoms with van der Waals surface area (Å²) in [4.78, 5) is 11.6. The molecule has 1 aromatic carbocycles. The molecule has 1 heterocycles. The molecule has 22 heavy (non-hydrogen) atoms. The molecule has 0 N–H and O–H groups in total. The molecule has 0 fully saturated rings. The lowest BCUT2D eigenvalue weighted by atomic mass is 10.2. The lowest BCUT2D eigenvalue weighted by Gasteiger charge is -2.24. The molecule has 0 saturated heterocycles. The Morgan fingerprint density at radius 2 is 2.09 bits per heavy atom. The molecule has 118 valence electrons. The van der Waals surface area contributed by atoms with Gasteiger partial charge in [-0.05, 0) is 42.1 Å².